The molecule has 5 aromatic rings. The number of amides is 5. The number of nitrogens with one attached hydrogen (secondary N) is 5. The molecule has 2 aliphatic heterocycles. The molecule has 3 heterocycles. The zero-order valence-corrected chi connectivity index (χ0v) is 34.8. The second-order valence-corrected chi connectivity index (χ2v) is 16.0. The zero-order valence-electron chi connectivity index (χ0n) is 34.8. The van der Waals surface area contributed by atoms with Crippen molar-refractivity contribution in [1.82, 2.24) is 26.3 Å². The molecule has 320 valence electrons. The number of aromatic nitrogens is 1. The lowest BCUT2D eigenvalue weighted by Gasteiger charge is -2.26. The molecule has 62 heavy (non-hydrogen) atoms. The van der Waals surface area contributed by atoms with Crippen LogP contribution >= 0.6 is 0 Å². The molecule has 7 rings (SSSR count). The van der Waals surface area contributed by atoms with Crippen molar-refractivity contribution >= 4 is 41.2 Å². The number of hydrogen-bond donors (Lipinski definition) is 6. The minimum atomic E-state index is -1.36. The predicted molar refractivity (Wildman–Crippen MR) is 236 cm³/mol. The van der Waals surface area contributed by atoms with Gasteiger partial charge in [0.15, 0.2) is 0 Å². The third kappa shape index (κ3) is 13.2. The van der Waals surface area contributed by atoms with Crippen molar-refractivity contribution in [2.75, 3.05) is 5.32 Å². The van der Waals surface area contributed by atoms with Gasteiger partial charge in [0.1, 0.15) is 24.2 Å². The topological polar surface area (TPSA) is 196 Å². The molecule has 4 unspecified atom stereocenters. The molecule has 0 fully saturated rings. The number of fused-ring (bicyclic) bond motifs is 18. The first-order valence-electron chi connectivity index (χ1n) is 20.8. The van der Waals surface area contributed by atoms with Gasteiger partial charge in [-0.1, -0.05) is 105 Å². The maximum Gasteiger partial charge on any atom is 0.326 e. The molecule has 6 N–H and O–H groups in total. The quantitative estimate of drug-likeness (QED) is 0.106. The van der Waals surface area contributed by atoms with Crippen LogP contribution in [0.5, 0.6) is 0 Å². The summed E-state index contributed by atoms with van der Waals surface area (Å²) in [5.41, 5.74) is 6.33. The number of carboxylic acid groups (broad SMARTS) is 1. The van der Waals surface area contributed by atoms with Gasteiger partial charge in [-0.3, -0.25) is 29.0 Å². The number of pyridine rings is 1. The van der Waals surface area contributed by atoms with Crippen molar-refractivity contribution in [3.8, 4) is 11.1 Å². The first-order chi connectivity index (χ1) is 29.9. The van der Waals surface area contributed by atoms with Crippen molar-refractivity contribution in [3.63, 3.8) is 0 Å². The van der Waals surface area contributed by atoms with Gasteiger partial charge in [0.25, 0.3) is 0 Å². The predicted octanol–water partition coefficient (Wildman–Crippen LogP) is 4.97. The number of rotatable bonds is 10. The van der Waals surface area contributed by atoms with Gasteiger partial charge < -0.3 is 31.7 Å². The molecular formula is C49H52N6O7. The van der Waals surface area contributed by atoms with Gasteiger partial charge in [0.05, 0.1) is 0 Å². The van der Waals surface area contributed by atoms with Crippen molar-refractivity contribution in [2.45, 2.75) is 83.0 Å². The van der Waals surface area contributed by atoms with E-state index in [1.54, 1.807) is 73.1 Å². The van der Waals surface area contributed by atoms with Crippen LogP contribution in [0.4, 0.5) is 5.69 Å². The highest BCUT2D eigenvalue weighted by Gasteiger charge is 2.32. The summed E-state index contributed by atoms with van der Waals surface area (Å²) in [4.78, 5) is 85.7. The van der Waals surface area contributed by atoms with Crippen LogP contribution in [0.15, 0.2) is 128 Å². The van der Waals surface area contributed by atoms with Gasteiger partial charge in [-0.15, -0.1) is 0 Å². The maximum absolute atomic E-state index is 14.5. The van der Waals surface area contributed by atoms with Gasteiger partial charge in [0.2, 0.25) is 29.5 Å². The molecule has 0 saturated carbocycles. The van der Waals surface area contributed by atoms with Gasteiger partial charge >= 0.3 is 5.97 Å². The molecule has 0 spiro atoms. The van der Waals surface area contributed by atoms with E-state index in [9.17, 15) is 33.9 Å². The van der Waals surface area contributed by atoms with E-state index in [0.29, 0.717) is 33.9 Å². The van der Waals surface area contributed by atoms with E-state index in [-0.39, 0.29) is 38.5 Å². The van der Waals surface area contributed by atoms with Crippen LogP contribution in [0.1, 0.15) is 54.5 Å². The Morgan fingerprint density at radius 3 is 1.61 bits per heavy atom. The molecule has 0 aliphatic carbocycles. The summed E-state index contributed by atoms with van der Waals surface area (Å²) in [5.74, 6) is -3.85. The van der Waals surface area contributed by atoms with E-state index in [1.807, 2.05) is 30.3 Å². The maximum atomic E-state index is 14.5. The second-order valence-electron chi connectivity index (χ2n) is 16.0. The minimum absolute atomic E-state index is 0.00846. The third-order valence-electron chi connectivity index (χ3n) is 10.6. The molecular weight excluding hydrogens is 785 g/mol. The van der Waals surface area contributed by atoms with Crippen molar-refractivity contribution in [3.05, 3.63) is 155 Å². The van der Waals surface area contributed by atoms with Gasteiger partial charge in [0, 0.05) is 56.6 Å². The lowest BCUT2D eigenvalue weighted by Crippen LogP contribution is -2.59. The highest BCUT2D eigenvalue weighted by atomic mass is 16.4. The monoisotopic (exact) mass is 836 g/mol. The number of carboxylic acids is 1. The summed E-state index contributed by atoms with van der Waals surface area (Å²) in [5, 5.41) is 24.0. The number of anilines is 1. The Kier molecular flexibility index (Phi) is 15.3. The SMILES string of the molecule is CC(C)Cc1ccc(-c2ccc(CC3NC(=O)C(Cc4ccncc4)NC(=O)CCC(=O)Nc4ccc(cc4)CC(C(=O)O)NC(=O)C(Cc4ccccc4)NC3=O)cc2)cc1. The lowest BCUT2D eigenvalue weighted by molar-refractivity contribution is -0.142. The molecule has 0 radical (unpaired) electrons. The Morgan fingerprint density at radius 2 is 1.06 bits per heavy atom. The van der Waals surface area contributed by atoms with E-state index in [1.165, 1.54) is 5.56 Å². The summed E-state index contributed by atoms with van der Waals surface area (Å²) in [6.45, 7) is 4.35. The fraction of sp³-hybridized carbons (Fsp3) is 0.286. The Labute approximate surface area is 361 Å². The molecule has 4 aromatic carbocycles. The summed E-state index contributed by atoms with van der Waals surface area (Å²) in [6, 6.07) is 29.8. The van der Waals surface area contributed by atoms with Gasteiger partial charge in [-0.25, -0.2) is 4.79 Å². The van der Waals surface area contributed by atoms with Crippen LogP contribution in [-0.4, -0.2) is 69.8 Å². The van der Waals surface area contributed by atoms with Crippen molar-refractivity contribution in [1.29, 1.82) is 0 Å². The summed E-state index contributed by atoms with van der Waals surface area (Å²) >= 11 is 0. The van der Waals surface area contributed by atoms with Crippen LogP contribution in [0.25, 0.3) is 11.1 Å². The lowest BCUT2D eigenvalue weighted by atomic mass is 9.97. The number of nitrogens with zero attached hydrogens (tertiary/aromatic N) is 1. The zero-order chi connectivity index (χ0) is 44.0. The Balaban J connectivity index is 1.33. The van der Waals surface area contributed by atoms with Gasteiger partial charge in [-0.05, 0) is 75.5 Å². The first kappa shape index (κ1) is 44.4. The number of hydrogen-bond acceptors (Lipinski definition) is 7. The molecule has 5 amide bonds. The van der Waals surface area contributed by atoms with Crippen molar-refractivity contribution in [2.24, 2.45) is 5.92 Å². The molecule has 1 aromatic heterocycles. The first-order valence-corrected chi connectivity index (χ1v) is 20.8. The van der Waals surface area contributed by atoms with E-state index >= 15 is 0 Å². The summed E-state index contributed by atoms with van der Waals surface area (Å²) < 4.78 is 0. The molecule has 13 heteroatoms. The van der Waals surface area contributed by atoms with Crippen molar-refractivity contribution < 1.29 is 33.9 Å². The summed E-state index contributed by atoms with van der Waals surface area (Å²) in [6.07, 6.45) is 3.68. The Bertz CT molecular complexity index is 2320. The van der Waals surface area contributed by atoms with Crippen LogP contribution in [-0.2, 0) is 60.9 Å². The normalized spacial score (nSPS) is 19.3. The largest absolute Gasteiger partial charge is 0.480 e. The van der Waals surface area contributed by atoms with Gasteiger partial charge in [-0.2, -0.15) is 0 Å². The average molecular weight is 837 g/mol. The van der Waals surface area contributed by atoms with E-state index in [0.717, 1.165) is 17.5 Å². The fourth-order valence-corrected chi connectivity index (χ4v) is 7.30. The van der Waals surface area contributed by atoms with Crippen LogP contribution < -0.4 is 26.6 Å². The number of aliphatic carboxylic acids is 1. The van der Waals surface area contributed by atoms with E-state index < -0.39 is 59.7 Å². The highest BCUT2D eigenvalue weighted by molar-refractivity contribution is 5.97. The number of carbonyl (C=O) groups is 6. The smallest absolute Gasteiger partial charge is 0.326 e. The molecule has 2 bridgehead atoms. The molecule has 13 nitrogen and oxygen atoms in total. The summed E-state index contributed by atoms with van der Waals surface area (Å²) in [7, 11) is 0. The van der Waals surface area contributed by atoms with Crippen LogP contribution in [0.3, 0.4) is 0 Å². The van der Waals surface area contributed by atoms with E-state index in [4.69, 9.17) is 0 Å². The highest BCUT2D eigenvalue weighted by Crippen LogP contribution is 2.22. The molecule has 2 aliphatic rings. The second kappa shape index (κ2) is 21.4. The fourth-order valence-electron chi connectivity index (χ4n) is 7.30. The third-order valence-corrected chi connectivity index (χ3v) is 10.6. The van der Waals surface area contributed by atoms with Crippen LogP contribution in [0, 0.1) is 5.92 Å². The standard InChI is InChI=1S/C49H52N6O7/c1-31(2)26-33-8-14-37(15-9-33)38-16-10-34(11-17-38)28-42-47(59)54-41(27-32-6-4-3-5-7-32)48(60)55-43(49(61)62)30-35-12-18-39(19-13-35)51-44(56)20-21-45(57)52-40(46(58)53-42)29-36-22-24-50-25-23-36/h3-19,22-25,31,40-43H,20-21,26-30H2,1-2H3,(H,51,56)(H,52,57)(H,53,58)(H,54,59)(H,55,60)(H,61,62). The molecule has 4 atom stereocenters. The Hall–Kier alpha value is -7.15. The van der Waals surface area contributed by atoms with E-state index in [2.05, 4.69) is 69.7 Å². The average Bonchev–Trinajstić information content (AvgIpc) is 3.26. The Morgan fingerprint density at radius 1 is 0.581 bits per heavy atom. The number of carbonyl (C=O) groups excluding carboxylic acids is 5. The minimum Gasteiger partial charge on any atom is -0.480 e. The number of benzene rings is 4. The van der Waals surface area contributed by atoms with Crippen LogP contribution in [0.2, 0.25) is 0 Å². The molecule has 0 saturated heterocycles.